The van der Waals surface area contributed by atoms with Crippen molar-refractivity contribution < 1.29 is 4.63 Å². The molecule has 3 aromatic rings. The fraction of sp³-hybridized carbons (Fsp3) is 0. The van der Waals surface area contributed by atoms with Gasteiger partial charge in [0.05, 0.1) is 6.20 Å². The van der Waals surface area contributed by atoms with Crippen LogP contribution in [0.25, 0.3) is 11.0 Å². The van der Waals surface area contributed by atoms with Crippen molar-refractivity contribution in [1.82, 2.24) is 9.61 Å². The standard InChI is InChI=1S/C9H6N3/c1-2-5-9-8(4-1)10-12-7-3-6-11(9)12/h1-6H/q-1. The fourth-order valence-corrected chi connectivity index (χ4v) is 1.40. The molecule has 0 aliphatic heterocycles. The Morgan fingerprint density at radius 1 is 1.33 bits per heavy atom. The third-order valence-corrected chi connectivity index (χ3v) is 1.94. The lowest BCUT2D eigenvalue weighted by Crippen LogP contribution is -2.28. The largest absolute Gasteiger partial charge is 0.317 e. The van der Waals surface area contributed by atoms with Crippen molar-refractivity contribution in [3.05, 3.63) is 42.7 Å². The number of benzene rings is 1. The van der Waals surface area contributed by atoms with Gasteiger partial charge in [0.25, 0.3) is 0 Å². The lowest BCUT2D eigenvalue weighted by atomic mass is 10.3. The summed E-state index contributed by atoms with van der Waals surface area (Å²) in [7, 11) is 0. The number of nitrogens with zero attached hydrogens (tertiary/aromatic N) is 3. The summed E-state index contributed by atoms with van der Waals surface area (Å²) in [5.74, 6) is 0. The van der Waals surface area contributed by atoms with E-state index in [1.54, 1.807) is 4.63 Å². The van der Waals surface area contributed by atoms with Gasteiger partial charge in [0.15, 0.2) is 0 Å². The molecule has 2 aromatic heterocycles. The molecule has 2 heterocycles. The molecule has 0 fully saturated rings. The Balaban J connectivity index is 2.68. The minimum Gasteiger partial charge on any atom is -0.317 e. The molecular weight excluding hydrogens is 150 g/mol. The van der Waals surface area contributed by atoms with Crippen molar-refractivity contribution in [3.8, 4) is 0 Å². The van der Waals surface area contributed by atoms with Crippen LogP contribution in [0.5, 0.6) is 0 Å². The van der Waals surface area contributed by atoms with Crippen LogP contribution in [0.2, 0.25) is 0 Å². The van der Waals surface area contributed by atoms with Crippen LogP contribution in [-0.2, 0) is 0 Å². The number of aromatic nitrogens is 3. The van der Waals surface area contributed by atoms with Crippen molar-refractivity contribution in [2.45, 2.75) is 0 Å². The van der Waals surface area contributed by atoms with Crippen molar-refractivity contribution in [2.24, 2.45) is 0 Å². The van der Waals surface area contributed by atoms with E-state index in [9.17, 15) is 0 Å². The van der Waals surface area contributed by atoms with Gasteiger partial charge in [0.2, 0.25) is 0 Å². The van der Waals surface area contributed by atoms with Crippen LogP contribution < -0.4 is 9.73 Å². The van der Waals surface area contributed by atoms with Crippen molar-refractivity contribution in [3.63, 3.8) is 0 Å². The molecule has 12 heavy (non-hydrogen) atoms. The number of hydrogen-bond acceptors (Lipinski definition) is 0. The van der Waals surface area contributed by atoms with Gasteiger partial charge in [-0.3, -0.25) is 0 Å². The summed E-state index contributed by atoms with van der Waals surface area (Å²) in [4.78, 5) is 0. The van der Waals surface area contributed by atoms with Crippen LogP contribution in [0.4, 0.5) is 0 Å². The van der Waals surface area contributed by atoms with Gasteiger partial charge in [-0.15, -0.1) is 0 Å². The first-order valence-corrected chi connectivity index (χ1v) is 3.78. The minimum atomic E-state index is 0.995. The maximum atomic E-state index is 4.30. The first-order valence-electron chi connectivity index (χ1n) is 3.78. The molecule has 0 amide bonds. The Hall–Kier alpha value is -1.77. The van der Waals surface area contributed by atoms with Gasteiger partial charge in [-0.2, -0.15) is 12.3 Å². The molecule has 3 heteroatoms. The zero-order chi connectivity index (χ0) is 7.97. The number of para-hydroxylation sites is 1. The van der Waals surface area contributed by atoms with Gasteiger partial charge in [-0.25, -0.2) is 9.73 Å². The van der Waals surface area contributed by atoms with E-state index in [2.05, 4.69) is 11.3 Å². The molecule has 0 N–H and O–H groups in total. The molecule has 1 aromatic carbocycles. The average molecular weight is 156 g/mol. The van der Waals surface area contributed by atoms with E-state index in [1.807, 2.05) is 41.0 Å². The van der Waals surface area contributed by atoms with E-state index in [0.29, 0.717) is 0 Å². The highest BCUT2D eigenvalue weighted by Gasteiger charge is 1.93. The summed E-state index contributed by atoms with van der Waals surface area (Å²) in [6, 6.07) is 9.86. The second-order valence-corrected chi connectivity index (χ2v) is 2.67. The highest BCUT2D eigenvalue weighted by Crippen LogP contribution is 2.06. The molecule has 0 radical (unpaired) electrons. The van der Waals surface area contributed by atoms with E-state index >= 15 is 0 Å². The van der Waals surface area contributed by atoms with E-state index in [4.69, 9.17) is 0 Å². The Labute approximate surface area is 68.8 Å². The Bertz CT molecular complexity index is 532. The van der Waals surface area contributed by atoms with Gasteiger partial charge >= 0.3 is 0 Å². The molecule has 0 bridgehead atoms. The second-order valence-electron chi connectivity index (χ2n) is 2.67. The second kappa shape index (κ2) is 1.88. The monoisotopic (exact) mass is 156 g/mol. The summed E-state index contributed by atoms with van der Waals surface area (Å²) in [6.45, 7) is 0. The summed E-state index contributed by atoms with van der Waals surface area (Å²) in [6.07, 6.45) is 4.92. The zero-order valence-electron chi connectivity index (χ0n) is 6.31. The quantitative estimate of drug-likeness (QED) is 0.342. The van der Waals surface area contributed by atoms with Crippen LogP contribution in [0.1, 0.15) is 0 Å². The third kappa shape index (κ3) is 0.580. The van der Waals surface area contributed by atoms with E-state index in [-0.39, 0.29) is 0 Å². The molecule has 58 valence electrons. The summed E-state index contributed by atoms with van der Waals surface area (Å²) < 4.78 is 3.65. The number of rotatable bonds is 0. The Morgan fingerprint density at radius 3 is 3.25 bits per heavy atom. The minimum absolute atomic E-state index is 0.995. The van der Waals surface area contributed by atoms with Crippen LogP contribution in [-0.4, -0.2) is 4.52 Å². The van der Waals surface area contributed by atoms with Crippen LogP contribution >= 0.6 is 0 Å². The topological polar surface area (TPSA) is 22.6 Å². The maximum Gasteiger partial charge on any atom is 0.0695 e. The van der Waals surface area contributed by atoms with Gasteiger partial charge in [0, 0.05) is 11.0 Å². The average Bonchev–Trinajstić information content (AvgIpc) is 2.62. The molecule has 0 saturated carbocycles. The Morgan fingerprint density at radius 2 is 2.25 bits per heavy atom. The van der Waals surface area contributed by atoms with E-state index in [1.165, 1.54) is 0 Å². The molecule has 3 nitrogen and oxygen atoms in total. The SMILES string of the molecule is [c-]1ccn2c3ccccc3[n-][n+]12. The van der Waals surface area contributed by atoms with E-state index < -0.39 is 0 Å². The highest BCUT2D eigenvalue weighted by atomic mass is 15.5. The molecule has 0 unspecified atom stereocenters. The highest BCUT2D eigenvalue weighted by molar-refractivity contribution is 5.72. The van der Waals surface area contributed by atoms with Gasteiger partial charge in [0.1, 0.15) is 0 Å². The van der Waals surface area contributed by atoms with Crippen LogP contribution in [0, 0.1) is 6.20 Å². The van der Waals surface area contributed by atoms with Crippen molar-refractivity contribution >= 4 is 11.0 Å². The lowest BCUT2D eigenvalue weighted by molar-refractivity contribution is -0.677. The lowest BCUT2D eigenvalue weighted by Gasteiger charge is -1.93. The molecule has 0 saturated heterocycles. The van der Waals surface area contributed by atoms with Gasteiger partial charge < -0.3 is 4.52 Å². The normalized spacial score (nSPS) is 11.3. The predicted molar refractivity (Wildman–Crippen MR) is 42.7 cm³/mol. The predicted octanol–water partition coefficient (Wildman–Crippen LogP) is 0.435. The molecule has 0 spiro atoms. The summed E-state index contributed by atoms with van der Waals surface area (Å²) >= 11 is 0. The summed E-state index contributed by atoms with van der Waals surface area (Å²) in [5.41, 5.74) is 2.10. The molecule has 0 aliphatic carbocycles. The van der Waals surface area contributed by atoms with Gasteiger partial charge in [-0.1, -0.05) is 24.3 Å². The van der Waals surface area contributed by atoms with Gasteiger partial charge in [-0.05, 0) is 0 Å². The molecule has 3 rings (SSSR count). The fourth-order valence-electron chi connectivity index (χ4n) is 1.40. The molecular formula is C9H6N3-. The summed E-state index contributed by atoms with van der Waals surface area (Å²) in [5, 5.41) is 4.30. The van der Waals surface area contributed by atoms with Crippen LogP contribution in [0.15, 0.2) is 36.5 Å². The zero-order valence-corrected chi connectivity index (χ0v) is 6.31. The number of hydrogen-bond donors (Lipinski definition) is 0. The first-order chi connectivity index (χ1) is 5.95. The van der Waals surface area contributed by atoms with Crippen molar-refractivity contribution in [2.75, 3.05) is 0 Å². The number of fused-ring (bicyclic) bond motifs is 3. The first kappa shape index (κ1) is 5.83. The van der Waals surface area contributed by atoms with E-state index in [0.717, 1.165) is 11.0 Å². The van der Waals surface area contributed by atoms with Crippen LogP contribution in [0.3, 0.4) is 0 Å². The smallest absolute Gasteiger partial charge is 0.0695 e. The van der Waals surface area contributed by atoms with Crippen molar-refractivity contribution in [1.29, 1.82) is 0 Å². The maximum absolute atomic E-state index is 4.30. The third-order valence-electron chi connectivity index (χ3n) is 1.94. The molecule has 0 aliphatic rings. The Kier molecular flexibility index (Phi) is 0.913. The molecule has 0 atom stereocenters.